The summed E-state index contributed by atoms with van der Waals surface area (Å²) in [6.07, 6.45) is 1.85. The highest BCUT2D eigenvalue weighted by molar-refractivity contribution is 5.88. The van der Waals surface area contributed by atoms with Crippen LogP contribution in [0, 0.1) is 11.6 Å². The summed E-state index contributed by atoms with van der Waals surface area (Å²) < 4.78 is 33.9. The molecule has 2 atom stereocenters. The van der Waals surface area contributed by atoms with Gasteiger partial charge in [0, 0.05) is 18.1 Å². The van der Waals surface area contributed by atoms with Crippen LogP contribution in [-0.2, 0) is 11.2 Å². The van der Waals surface area contributed by atoms with Crippen molar-refractivity contribution in [2.45, 2.75) is 31.5 Å². The molecule has 1 N–H and O–H groups in total. The van der Waals surface area contributed by atoms with Crippen LogP contribution in [0.2, 0.25) is 0 Å². The summed E-state index contributed by atoms with van der Waals surface area (Å²) in [6.45, 7) is 0. The van der Waals surface area contributed by atoms with Crippen LogP contribution in [0.25, 0.3) is 5.69 Å². The maximum Gasteiger partial charge on any atom is 0.354 e. The number of hydrogen-bond acceptors (Lipinski definition) is 3. The lowest BCUT2D eigenvalue weighted by atomic mass is 10.0. The molecule has 22 heavy (non-hydrogen) atoms. The van der Waals surface area contributed by atoms with Gasteiger partial charge in [0.05, 0.1) is 11.8 Å². The molecule has 1 aromatic carbocycles. The Kier molecular flexibility index (Phi) is 2.80. The first-order valence-electron chi connectivity index (χ1n) is 7.00. The predicted octanol–water partition coefficient (Wildman–Crippen LogP) is 2.62. The number of benzene rings is 1. The van der Waals surface area contributed by atoms with Crippen LogP contribution < -0.4 is 0 Å². The van der Waals surface area contributed by atoms with E-state index >= 15 is 0 Å². The van der Waals surface area contributed by atoms with E-state index in [0.717, 1.165) is 23.6 Å². The Hall–Kier alpha value is -2.28. The number of carbonyl (C=O) groups is 1. The summed E-state index contributed by atoms with van der Waals surface area (Å²) in [7, 11) is 0. The van der Waals surface area contributed by atoms with Crippen molar-refractivity contribution in [3.8, 4) is 5.69 Å². The second kappa shape index (κ2) is 4.61. The summed E-state index contributed by atoms with van der Waals surface area (Å²) in [5.74, 6) is -2.76. The van der Waals surface area contributed by atoms with E-state index < -0.39 is 17.6 Å². The summed E-state index contributed by atoms with van der Waals surface area (Å²) in [6, 6.07) is 2.98. The van der Waals surface area contributed by atoms with Gasteiger partial charge >= 0.3 is 5.97 Å². The van der Waals surface area contributed by atoms with E-state index in [0.29, 0.717) is 23.7 Å². The van der Waals surface area contributed by atoms with Gasteiger partial charge in [-0.05, 0) is 25.0 Å². The molecule has 3 heterocycles. The lowest BCUT2D eigenvalue weighted by molar-refractivity contribution is 0.0297. The van der Waals surface area contributed by atoms with Gasteiger partial charge in [-0.1, -0.05) is 0 Å². The fraction of sp³-hybridized carbons (Fsp3) is 0.333. The lowest BCUT2D eigenvalue weighted by Gasteiger charge is -2.19. The topological polar surface area (TPSA) is 64.3 Å². The number of carboxylic acids is 1. The molecule has 2 aliphatic heterocycles. The van der Waals surface area contributed by atoms with Crippen molar-refractivity contribution < 1.29 is 23.4 Å². The van der Waals surface area contributed by atoms with Gasteiger partial charge in [0.2, 0.25) is 0 Å². The zero-order chi connectivity index (χ0) is 15.4. The number of halogens is 2. The standard InChI is InChI=1S/C15H12F2N2O3/c16-7-1-3-11(10(17)5-7)19-14(15(20)21)9-6-8-2-4-12(22-8)13(9)18-19/h1,3,5,8,12H,2,4,6H2,(H,20,21). The lowest BCUT2D eigenvalue weighted by Crippen LogP contribution is -2.19. The molecule has 1 saturated heterocycles. The van der Waals surface area contributed by atoms with E-state index in [1.54, 1.807) is 0 Å². The third-order valence-corrected chi connectivity index (χ3v) is 4.20. The van der Waals surface area contributed by atoms with Gasteiger partial charge in [-0.2, -0.15) is 5.10 Å². The van der Waals surface area contributed by atoms with Crippen molar-refractivity contribution in [1.29, 1.82) is 0 Å². The molecule has 2 aromatic rings. The Labute approximate surface area is 124 Å². The Bertz CT molecular complexity index is 787. The van der Waals surface area contributed by atoms with Crippen molar-refractivity contribution >= 4 is 5.97 Å². The molecule has 7 heteroatoms. The zero-order valence-electron chi connectivity index (χ0n) is 11.4. The van der Waals surface area contributed by atoms with Gasteiger partial charge < -0.3 is 9.84 Å². The largest absolute Gasteiger partial charge is 0.476 e. The number of rotatable bonds is 2. The molecule has 0 aliphatic carbocycles. The van der Waals surface area contributed by atoms with Crippen LogP contribution in [0.1, 0.15) is 40.7 Å². The van der Waals surface area contributed by atoms with Crippen molar-refractivity contribution in [2.24, 2.45) is 0 Å². The molecule has 5 nitrogen and oxygen atoms in total. The number of aromatic carboxylic acids is 1. The molecule has 2 aliphatic rings. The predicted molar refractivity (Wildman–Crippen MR) is 71.0 cm³/mol. The van der Waals surface area contributed by atoms with E-state index in [9.17, 15) is 18.7 Å². The van der Waals surface area contributed by atoms with Gasteiger partial charge in [0.1, 0.15) is 17.6 Å². The highest BCUT2D eigenvalue weighted by atomic mass is 19.1. The number of hydrogen-bond donors (Lipinski definition) is 1. The van der Waals surface area contributed by atoms with Gasteiger partial charge in [-0.15, -0.1) is 0 Å². The molecule has 1 fully saturated rings. The molecule has 2 unspecified atom stereocenters. The Morgan fingerprint density at radius 3 is 2.91 bits per heavy atom. The highest BCUT2D eigenvalue weighted by Crippen LogP contribution is 2.42. The molecule has 2 bridgehead atoms. The number of carboxylic acid groups (broad SMARTS) is 1. The Morgan fingerprint density at radius 1 is 1.36 bits per heavy atom. The number of nitrogens with zero attached hydrogens (tertiary/aromatic N) is 2. The normalized spacial score (nSPS) is 22.6. The minimum absolute atomic E-state index is 0.00804. The number of ether oxygens (including phenoxy) is 1. The van der Waals surface area contributed by atoms with Gasteiger partial charge in [-0.25, -0.2) is 18.3 Å². The first-order chi connectivity index (χ1) is 10.5. The summed E-state index contributed by atoms with van der Waals surface area (Å²) >= 11 is 0. The van der Waals surface area contributed by atoms with E-state index in [-0.39, 0.29) is 23.6 Å². The molecule has 0 amide bonds. The monoisotopic (exact) mass is 306 g/mol. The van der Waals surface area contributed by atoms with Crippen LogP contribution in [0.3, 0.4) is 0 Å². The highest BCUT2D eigenvalue weighted by Gasteiger charge is 2.40. The molecule has 4 rings (SSSR count). The van der Waals surface area contributed by atoms with Crippen LogP contribution in [0.15, 0.2) is 18.2 Å². The fourth-order valence-electron chi connectivity index (χ4n) is 3.26. The minimum atomic E-state index is -1.18. The molecular formula is C15H12F2N2O3. The number of aromatic nitrogens is 2. The van der Waals surface area contributed by atoms with Crippen molar-refractivity contribution in [3.05, 3.63) is 46.8 Å². The molecule has 1 aromatic heterocycles. The Balaban J connectivity index is 1.93. The first kappa shape index (κ1) is 13.4. The average molecular weight is 306 g/mol. The van der Waals surface area contributed by atoms with E-state index in [1.807, 2.05) is 0 Å². The summed E-state index contributed by atoms with van der Waals surface area (Å²) in [5.41, 5.74) is 0.995. The SMILES string of the molecule is O=C(O)c1c2c(nn1-c1ccc(F)cc1F)C1CCC(C2)O1. The van der Waals surface area contributed by atoms with Gasteiger partial charge in [0.15, 0.2) is 11.5 Å². The van der Waals surface area contributed by atoms with E-state index in [4.69, 9.17) is 4.74 Å². The second-order valence-corrected chi connectivity index (χ2v) is 5.55. The molecule has 114 valence electrons. The van der Waals surface area contributed by atoms with Crippen LogP contribution in [0.4, 0.5) is 8.78 Å². The maximum absolute atomic E-state index is 14.0. The average Bonchev–Trinajstić information content (AvgIpc) is 3.02. The first-order valence-corrected chi connectivity index (χ1v) is 7.00. The molecular weight excluding hydrogens is 294 g/mol. The van der Waals surface area contributed by atoms with E-state index in [1.165, 1.54) is 6.07 Å². The van der Waals surface area contributed by atoms with Gasteiger partial charge in [-0.3, -0.25) is 0 Å². The van der Waals surface area contributed by atoms with Crippen molar-refractivity contribution in [1.82, 2.24) is 9.78 Å². The Morgan fingerprint density at radius 2 is 2.18 bits per heavy atom. The summed E-state index contributed by atoms with van der Waals surface area (Å²) in [4.78, 5) is 11.6. The summed E-state index contributed by atoms with van der Waals surface area (Å²) in [5, 5.41) is 13.8. The maximum atomic E-state index is 14.0. The van der Waals surface area contributed by atoms with Gasteiger partial charge in [0.25, 0.3) is 0 Å². The quantitative estimate of drug-likeness (QED) is 0.926. The third-order valence-electron chi connectivity index (χ3n) is 4.20. The second-order valence-electron chi connectivity index (χ2n) is 5.55. The zero-order valence-corrected chi connectivity index (χ0v) is 11.4. The third kappa shape index (κ3) is 1.85. The number of fused-ring (bicyclic) bond motifs is 4. The van der Waals surface area contributed by atoms with Crippen LogP contribution in [0.5, 0.6) is 0 Å². The molecule has 0 saturated carbocycles. The van der Waals surface area contributed by atoms with Crippen LogP contribution >= 0.6 is 0 Å². The van der Waals surface area contributed by atoms with E-state index in [2.05, 4.69) is 5.10 Å². The molecule has 0 radical (unpaired) electrons. The molecule has 0 spiro atoms. The minimum Gasteiger partial charge on any atom is -0.476 e. The van der Waals surface area contributed by atoms with Crippen LogP contribution in [-0.4, -0.2) is 27.0 Å². The fourth-order valence-corrected chi connectivity index (χ4v) is 3.26. The van der Waals surface area contributed by atoms with Crippen molar-refractivity contribution in [3.63, 3.8) is 0 Å². The van der Waals surface area contributed by atoms with Crippen molar-refractivity contribution in [2.75, 3.05) is 0 Å². The smallest absolute Gasteiger partial charge is 0.354 e.